The molecule has 6 heteroatoms. The molecule has 0 spiro atoms. The van der Waals surface area contributed by atoms with Gasteiger partial charge in [0, 0.05) is 5.69 Å². The first-order valence-corrected chi connectivity index (χ1v) is 8.41. The Kier molecular flexibility index (Phi) is 3.97. The van der Waals surface area contributed by atoms with E-state index in [0.717, 1.165) is 16.2 Å². The van der Waals surface area contributed by atoms with Crippen molar-refractivity contribution in [2.75, 3.05) is 5.32 Å². The topological polar surface area (TPSA) is 54.3 Å². The van der Waals surface area contributed by atoms with Crippen LogP contribution in [0.3, 0.4) is 0 Å². The van der Waals surface area contributed by atoms with Crippen molar-refractivity contribution in [3.8, 4) is 6.07 Å². The van der Waals surface area contributed by atoms with E-state index in [4.69, 9.17) is 9.31 Å². The van der Waals surface area contributed by atoms with Gasteiger partial charge in [0.1, 0.15) is 6.07 Å². The average molecular weight is 326 g/mol. The van der Waals surface area contributed by atoms with Gasteiger partial charge in [0.25, 0.3) is 0 Å². The van der Waals surface area contributed by atoms with Crippen molar-refractivity contribution in [2.45, 2.75) is 38.9 Å². The number of rotatable bonds is 3. The molecule has 0 atom stereocenters. The normalized spacial score (nSPS) is 18.7. The zero-order chi connectivity index (χ0) is 16.7. The highest BCUT2D eigenvalue weighted by molar-refractivity contribution is 7.21. The molecule has 1 aliphatic rings. The Balaban J connectivity index is 1.89. The molecule has 0 unspecified atom stereocenters. The van der Waals surface area contributed by atoms with Crippen LogP contribution in [0.25, 0.3) is 0 Å². The molecule has 0 aliphatic carbocycles. The van der Waals surface area contributed by atoms with E-state index in [-0.39, 0.29) is 11.2 Å². The molecular weight excluding hydrogens is 307 g/mol. The van der Waals surface area contributed by atoms with Gasteiger partial charge in [0.2, 0.25) is 0 Å². The van der Waals surface area contributed by atoms with Gasteiger partial charge < -0.3 is 14.6 Å². The number of para-hydroxylation sites is 1. The van der Waals surface area contributed by atoms with Gasteiger partial charge in [-0.1, -0.05) is 12.1 Å². The molecule has 4 nitrogen and oxygen atoms in total. The second-order valence-electron chi connectivity index (χ2n) is 6.57. The van der Waals surface area contributed by atoms with Gasteiger partial charge in [0.05, 0.1) is 27.2 Å². The number of nitrogens with zero attached hydrogens (tertiary/aromatic N) is 1. The summed E-state index contributed by atoms with van der Waals surface area (Å²) in [7, 11) is -0.406. The third-order valence-electron chi connectivity index (χ3n) is 4.48. The van der Waals surface area contributed by atoms with E-state index in [0.29, 0.717) is 5.56 Å². The standard InChI is InChI=1S/C17H19BN2O2S/c1-16(2)17(3,4)22-18(21-16)15-14(9-10-23-15)20-13-8-6-5-7-12(13)11-19/h5-10,20H,1-4H3. The highest BCUT2D eigenvalue weighted by Gasteiger charge is 2.52. The van der Waals surface area contributed by atoms with Crippen LogP contribution in [0.15, 0.2) is 35.7 Å². The first-order valence-electron chi connectivity index (χ1n) is 7.53. The Bertz CT molecular complexity index is 748. The lowest BCUT2D eigenvalue weighted by Gasteiger charge is -2.32. The number of hydrogen-bond acceptors (Lipinski definition) is 5. The van der Waals surface area contributed by atoms with Gasteiger partial charge in [-0.2, -0.15) is 16.6 Å². The van der Waals surface area contributed by atoms with Gasteiger partial charge in [0.15, 0.2) is 0 Å². The predicted octanol–water partition coefficient (Wildman–Crippen LogP) is 3.66. The van der Waals surface area contributed by atoms with Crippen LogP contribution in [0.2, 0.25) is 0 Å². The maximum Gasteiger partial charge on any atom is 0.507 e. The molecule has 0 amide bonds. The van der Waals surface area contributed by atoms with Crippen molar-refractivity contribution in [3.05, 3.63) is 41.3 Å². The largest absolute Gasteiger partial charge is 0.507 e. The molecule has 2 heterocycles. The van der Waals surface area contributed by atoms with E-state index in [9.17, 15) is 5.26 Å². The summed E-state index contributed by atoms with van der Waals surface area (Å²) < 4.78 is 13.2. The summed E-state index contributed by atoms with van der Waals surface area (Å²) in [5.74, 6) is 0. The maximum atomic E-state index is 9.23. The van der Waals surface area contributed by atoms with Crippen molar-refractivity contribution in [1.82, 2.24) is 0 Å². The van der Waals surface area contributed by atoms with Crippen LogP contribution >= 0.6 is 11.3 Å². The molecule has 0 bridgehead atoms. The van der Waals surface area contributed by atoms with Crippen molar-refractivity contribution in [3.63, 3.8) is 0 Å². The molecule has 0 radical (unpaired) electrons. The molecular formula is C17H19BN2O2S. The van der Waals surface area contributed by atoms with Crippen LogP contribution in [0.5, 0.6) is 0 Å². The van der Waals surface area contributed by atoms with Gasteiger partial charge >= 0.3 is 7.12 Å². The van der Waals surface area contributed by atoms with Crippen LogP contribution in [-0.2, 0) is 9.31 Å². The predicted molar refractivity (Wildman–Crippen MR) is 94.5 cm³/mol. The summed E-state index contributed by atoms with van der Waals surface area (Å²) in [6, 6.07) is 11.6. The fourth-order valence-corrected chi connectivity index (χ4v) is 3.20. The molecule has 1 fully saturated rings. The van der Waals surface area contributed by atoms with Crippen LogP contribution in [-0.4, -0.2) is 18.3 Å². The Hall–Kier alpha value is -1.81. The molecule has 1 aliphatic heterocycles. The highest BCUT2D eigenvalue weighted by Crippen LogP contribution is 2.37. The van der Waals surface area contributed by atoms with Gasteiger partial charge in [-0.05, 0) is 51.3 Å². The summed E-state index contributed by atoms with van der Waals surface area (Å²) in [6.07, 6.45) is 0. The summed E-state index contributed by atoms with van der Waals surface area (Å²) in [6.45, 7) is 8.16. The maximum absolute atomic E-state index is 9.23. The number of anilines is 2. The lowest BCUT2D eigenvalue weighted by molar-refractivity contribution is 0.00578. The monoisotopic (exact) mass is 326 g/mol. The molecule has 118 valence electrons. The lowest BCUT2D eigenvalue weighted by Crippen LogP contribution is -2.41. The number of benzene rings is 1. The van der Waals surface area contributed by atoms with Crippen molar-refractivity contribution in [1.29, 1.82) is 5.26 Å². The second kappa shape index (κ2) is 5.68. The Morgan fingerprint density at radius 2 is 1.70 bits per heavy atom. The molecule has 1 N–H and O–H groups in total. The van der Waals surface area contributed by atoms with Crippen LogP contribution < -0.4 is 10.1 Å². The fourth-order valence-electron chi connectivity index (χ4n) is 2.39. The van der Waals surface area contributed by atoms with Gasteiger partial charge in [-0.3, -0.25) is 0 Å². The number of nitrogens with one attached hydrogen (secondary N) is 1. The van der Waals surface area contributed by atoms with Crippen LogP contribution in [0.4, 0.5) is 11.4 Å². The number of nitriles is 1. The fraction of sp³-hybridized carbons (Fsp3) is 0.353. The van der Waals surface area contributed by atoms with Gasteiger partial charge in [-0.15, -0.1) is 0 Å². The first kappa shape index (κ1) is 16.1. The minimum atomic E-state index is -0.406. The van der Waals surface area contributed by atoms with E-state index in [2.05, 4.69) is 11.4 Å². The highest BCUT2D eigenvalue weighted by atomic mass is 32.1. The average Bonchev–Trinajstić information content (AvgIpc) is 3.02. The molecule has 3 rings (SSSR count). The molecule has 23 heavy (non-hydrogen) atoms. The first-order chi connectivity index (χ1) is 10.8. The number of hydrogen-bond donors (Lipinski definition) is 1. The smallest absolute Gasteiger partial charge is 0.399 e. The van der Waals surface area contributed by atoms with E-state index in [1.165, 1.54) is 0 Å². The molecule has 1 saturated heterocycles. The molecule has 1 aromatic carbocycles. The summed E-state index contributed by atoms with van der Waals surface area (Å²) >= 11 is 1.59. The van der Waals surface area contributed by atoms with E-state index in [1.54, 1.807) is 17.4 Å². The Morgan fingerprint density at radius 3 is 2.35 bits per heavy atom. The van der Waals surface area contributed by atoms with E-state index >= 15 is 0 Å². The Morgan fingerprint density at radius 1 is 1.04 bits per heavy atom. The summed E-state index contributed by atoms with van der Waals surface area (Å²) in [4.78, 5) is 0. The SMILES string of the molecule is CC1(C)OB(c2sccc2Nc2ccccc2C#N)OC1(C)C. The Labute approximate surface area is 141 Å². The van der Waals surface area contributed by atoms with Crippen LogP contribution in [0.1, 0.15) is 33.3 Å². The third kappa shape index (κ3) is 2.88. The summed E-state index contributed by atoms with van der Waals surface area (Å²) in [5, 5.41) is 14.6. The number of thiophene rings is 1. The molecule has 0 saturated carbocycles. The minimum Gasteiger partial charge on any atom is -0.399 e. The minimum absolute atomic E-state index is 0.372. The molecule has 2 aromatic rings. The summed E-state index contributed by atoms with van der Waals surface area (Å²) in [5.41, 5.74) is 1.56. The van der Waals surface area contributed by atoms with E-state index in [1.807, 2.05) is 57.3 Å². The van der Waals surface area contributed by atoms with Crippen molar-refractivity contribution in [2.24, 2.45) is 0 Å². The second-order valence-corrected chi connectivity index (χ2v) is 7.52. The van der Waals surface area contributed by atoms with Crippen LogP contribution in [0, 0.1) is 11.3 Å². The van der Waals surface area contributed by atoms with Crippen molar-refractivity contribution < 1.29 is 9.31 Å². The zero-order valence-corrected chi connectivity index (χ0v) is 14.5. The van der Waals surface area contributed by atoms with E-state index < -0.39 is 7.12 Å². The van der Waals surface area contributed by atoms with Crippen molar-refractivity contribution >= 4 is 34.6 Å². The molecule has 1 aromatic heterocycles. The third-order valence-corrected chi connectivity index (χ3v) is 5.42. The van der Waals surface area contributed by atoms with Gasteiger partial charge in [-0.25, -0.2) is 0 Å². The lowest BCUT2D eigenvalue weighted by atomic mass is 9.86. The quantitative estimate of drug-likeness (QED) is 0.875. The zero-order valence-electron chi connectivity index (χ0n) is 13.7.